The van der Waals surface area contributed by atoms with E-state index in [1.165, 1.54) is 17.0 Å². The maximum Gasteiger partial charge on any atom is 0.387 e. The highest BCUT2D eigenvalue weighted by Gasteiger charge is 2.41. The predicted molar refractivity (Wildman–Crippen MR) is 110 cm³/mol. The van der Waals surface area contributed by atoms with Crippen molar-refractivity contribution < 1.29 is 23.4 Å². The van der Waals surface area contributed by atoms with Crippen molar-refractivity contribution in [2.75, 3.05) is 4.90 Å². The smallest absolute Gasteiger partial charge is 0.387 e. The van der Waals surface area contributed by atoms with Gasteiger partial charge in [-0.15, -0.1) is 0 Å². The number of ether oxygens (including phenoxy) is 1. The van der Waals surface area contributed by atoms with Crippen LogP contribution in [-0.2, 0) is 4.79 Å². The first-order valence-corrected chi connectivity index (χ1v) is 9.39. The van der Waals surface area contributed by atoms with E-state index in [1.807, 2.05) is 61.5 Å². The van der Waals surface area contributed by atoms with Crippen LogP contribution in [0.15, 0.2) is 84.6 Å². The van der Waals surface area contributed by atoms with Crippen LogP contribution in [0.4, 0.5) is 14.5 Å². The number of amides is 1. The first-order valence-electron chi connectivity index (χ1n) is 9.39. The van der Waals surface area contributed by atoms with E-state index in [-0.39, 0.29) is 11.5 Å². The number of anilines is 1. The molecule has 1 amide bonds. The minimum atomic E-state index is -2.92. The number of benzene rings is 3. The molecule has 0 spiro atoms. The lowest BCUT2D eigenvalue weighted by atomic mass is 9.93. The number of aliphatic hydroxyl groups excluding tert-OH is 1. The SMILES string of the molecule is Cc1ccc(N2C(=O)C(O)=C(c3ccccc3)C2c2ccc(OC(F)F)cc2)cc1. The Balaban J connectivity index is 1.83. The van der Waals surface area contributed by atoms with E-state index in [1.54, 1.807) is 12.1 Å². The number of rotatable bonds is 5. The molecule has 1 aliphatic rings. The summed E-state index contributed by atoms with van der Waals surface area (Å²) in [6.45, 7) is -0.975. The van der Waals surface area contributed by atoms with Crippen LogP contribution in [0.2, 0.25) is 0 Å². The highest BCUT2D eigenvalue weighted by molar-refractivity contribution is 6.15. The zero-order valence-electron chi connectivity index (χ0n) is 16.1. The molecule has 6 heteroatoms. The maximum absolute atomic E-state index is 13.1. The Bertz CT molecular complexity index is 1080. The van der Waals surface area contributed by atoms with Crippen LogP contribution in [0.5, 0.6) is 5.75 Å². The third-order valence-corrected chi connectivity index (χ3v) is 5.03. The van der Waals surface area contributed by atoms with E-state index in [2.05, 4.69) is 4.74 Å². The van der Waals surface area contributed by atoms with Crippen molar-refractivity contribution >= 4 is 17.2 Å². The molecule has 3 aromatic rings. The van der Waals surface area contributed by atoms with Crippen LogP contribution in [0.3, 0.4) is 0 Å². The molecule has 3 aromatic carbocycles. The summed E-state index contributed by atoms with van der Waals surface area (Å²) in [6, 6.07) is 22.0. The quantitative estimate of drug-likeness (QED) is 0.594. The van der Waals surface area contributed by atoms with Crippen molar-refractivity contribution in [3.8, 4) is 5.75 Å². The number of carbonyl (C=O) groups excluding carboxylic acids is 1. The summed E-state index contributed by atoms with van der Waals surface area (Å²) in [5.41, 5.74) is 3.49. The Morgan fingerprint density at radius 3 is 2.17 bits per heavy atom. The predicted octanol–water partition coefficient (Wildman–Crippen LogP) is 5.65. The molecule has 0 fully saturated rings. The van der Waals surface area contributed by atoms with Crippen molar-refractivity contribution in [1.29, 1.82) is 0 Å². The van der Waals surface area contributed by atoms with Gasteiger partial charge in [-0.25, -0.2) is 0 Å². The van der Waals surface area contributed by atoms with Gasteiger partial charge in [-0.3, -0.25) is 9.69 Å². The Labute approximate surface area is 172 Å². The largest absolute Gasteiger partial charge is 0.503 e. The summed E-state index contributed by atoms with van der Waals surface area (Å²) in [5, 5.41) is 10.8. The van der Waals surface area contributed by atoms with Gasteiger partial charge in [-0.05, 0) is 42.3 Å². The standard InChI is InChI=1S/C24H19F2NO3/c1-15-7-11-18(12-8-15)27-21(17-9-13-19(14-10-17)30-24(25)26)20(22(28)23(27)29)16-5-3-2-4-6-16/h2-14,21,24,28H,1H3. The molecule has 1 aliphatic heterocycles. The van der Waals surface area contributed by atoms with Crippen LogP contribution in [0.25, 0.3) is 5.57 Å². The van der Waals surface area contributed by atoms with Crippen molar-refractivity contribution in [2.24, 2.45) is 0 Å². The van der Waals surface area contributed by atoms with Crippen LogP contribution in [-0.4, -0.2) is 17.6 Å². The third-order valence-electron chi connectivity index (χ3n) is 5.03. The number of aliphatic hydroxyl groups is 1. The lowest BCUT2D eigenvalue weighted by molar-refractivity contribution is -0.117. The summed E-state index contributed by atoms with van der Waals surface area (Å²) in [5.74, 6) is -0.829. The molecule has 0 saturated carbocycles. The molecule has 1 N–H and O–H groups in total. The minimum absolute atomic E-state index is 0.0226. The van der Waals surface area contributed by atoms with Gasteiger partial charge < -0.3 is 9.84 Å². The van der Waals surface area contributed by atoms with Crippen LogP contribution < -0.4 is 9.64 Å². The molecule has 4 nitrogen and oxygen atoms in total. The zero-order valence-corrected chi connectivity index (χ0v) is 16.1. The molecule has 152 valence electrons. The van der Waals surface area contributed by atoms with E-state index in [4.69, 9.17) is 0 Å². The Kier molecular flexibility index (Phi) is 5.23. The van der Waals surface area contributed by atoms with Gasteiger partial charge in [0, 0.05) is 11.3 Å². The maximum atomic E-state index is 13.1. The van der Waals surface area contributed by atoms with Gasteiger partial charge in [0.25, 0.3) is 5.91 Å². The summed E-state index contributed by atoms with van der Waals surface area (Å²) in [6.07, 6.45) is 0. The first-order chi connectivity index (χ1) is 14.5. The molecule has 0 radical (unpaired) electrons. The summed E-state index contributed by atoms with van der Waals surface area (Å²) < 4.78 is 29.5. The summed E-state index contributed by atoms with van der Waals surface area (Å²) in [4.78, 5) is 14.6. The lowest BCUT2D eigenvalue weighted by Crippen LogP contribution is -2.30. The van der Waals surface area contributed by atoms with Crippen molar-refractivity contribution in [1.82, 2.24) is 0 Å². The van der Waals surface area contributed by atoms with E-state index < -0.39 is 18.6 Å². The van der Waals surface area contributed by atoms with Gasteiger partial charge in [-0.1, -0.05) is 60.2 Å². The second-order valence-corrected chi connectivity index (χ2v) is 6.99. The summed E-state index contributed by atoms with van der Waals surface area (Å²) >= 11 is 0. The van der Waals surface area contributed by atoms with Crippen LogP contribution in [0.1, 0.15) is 22.7 Å². The molecule has 1 unspecified atom stereocenters. The Hall–Kier alpha value is -3.67. The highest BCUT2D eigenvalue weighted by atomic mass is 19.3. The van der Waals surface area contributed by atoms with E-state index in [0.717, 1.165) is 5.56 Å². The Morgan fingerprint density at radius 1 is 0.933 bits per heavy atom. The van der Waals surface area contributed by atoms with Gasteiger partial charge in [-0.2, -0.15) is 8.78 Å². The number of nitrogens with zero attached hydrogens (tertiary/aromatic N) is 1. The minimum Gasteiger partial charge on any atom is -0.503 e. The number of aryl methyl sites for hydroxylation is 1. The van der Waals surface area contributed by atoms with E-state index in [9.17, 15) is 18.7 Å². The molecule has 30 heavy (non-hydrogen) atoms. The fourth-order valence-electron chi connectivity index (χ4n) is 3.64. The number of carbonyl (C=O) groups is 1. The normalized spacial score (nSPS) is 16.5. The molecule has 0 saturated heterocycles. The second-order valence-electron chi connectivity index (χ2n) is 6.99. The molecular formula is C24H19F2NO3. The van der Waals surface area contributed by atoms with Gasteiger partial charge >= 0.3 is 6.61 Å². The fraction of sp³-hybridized carbons (Fsp3) is 0.125. The second kappa shape index (κ2) is 7.99. The lowest BCUT2D eigenvalue weighted by Gasteiger charge is -2.27. The fourth-order valence-corrected chi connectivity index (χ4v) is 3.64. The van der Waals surface area contributed by atoms with Gasteiger partial charge in [0.1, 0.15) is 5.75 Å². The van der Waals surface area contributed by atoms with E-state index >= 15 is 0 Å². The third kappa shape index (κ3) is 3.64. The number of hydrogen-bond acceptors (Lipinski definition) is 3. The topological polar surface area (TPSA) is 49.8 Å². The van der Waals surface area contributed by atoms with E-state index in [0.29, 0.717) is 22.4 Å². The molecule has 0 aromatic heterocycles. The van der Waals surface area contributed by atoms with Gasteiger partial charge in [0.2, 0.25) is 0 Å². The van der Waals surface area contributed by atoms with Gasteiger partial charge in [0.15, 0.2) is 5.76 Å². The molecule has 1 atom stereocenters. The monoisotopic (exact) mass is 407 g/mol. The first kappa shape index (κ1) is 19.6. The van der Waals surface area contributed by atoms with Crippen molar-refractivity contribution in [2.45, 2.75) is 19.6 Å². The average Bonchev–Trinajstić information content (AvgIpc) is 3.00. The number of alkyl halides is 2. The van der Waals surface area contributed by atoms with Crippen LogP contribution >= 0.6 is 0 Å². The van der Waals surface area contributed by atoms with Crippen molar-refractivity contribution in [3.05, 3.63) is 101 Å². The van der Waals surface area contributed by atoms with Crippen molar-refractivity contribution in [3.63, 3.8) is 0 Å². The Morgan fingerprint density at radius 2 is 1.57 bits per heavy atom. The van der Waals surface area contributed by atoms with Crippen LogP contribution in [0, 0.1) is 6.92 Å². The number of halogens is 2. The molecule has 0 aliphatic carbocycles. The molecule has 4 rings (SSSR count). The molecule has 0 bridgehead atoms. The van der Waals surface area contributed by atoms with Gasteiger partial charge in [0.05, 0.1) is 6.04 Å². The highest BCUT2D eigenvalue weighted by Crippen LogP contribution is 2.45. The summed E-state index contributed by atoms with van der Waals surface area (Å²) in [7, 11) is 0. The molecule has 1 heterocycles. The number of hydrogen-bond donors (Lipinski definition) is 1. The average molecular weight is 407 g/mol. The zero-order chi connectivity index (χ0) is 21.3. The molecular weight excluding hydrogens is 388 g/mol.